The summed E-state index contributed by atoms with van der Waals surface area (Å²) < 4.78 is 11.2. The summed E-state index contributed by atoms with van der Waals surface area (Å²) in [5.74, 6) is 0.393. The lowest BCUT2D eigenvalue weighted by atomic mass is 9.89. The molecule has 2 fully saturated rings. The zero-order chi connectivity index (χ0) is 17.5. The van der Waals surface area contributed by atoms with Crippen molar-refractivity contribution < 1.29 is 19.1 Å². The van der Waals surface area contributed by atoms with Gasteiger partial charge in [0.1, 0.15) is 5.60 Å². The number of hydrogen-bond donors (Lipinski definition) is 0. The quantitative estimate of drug-likeness (QED) is 0.787. The van der Waals surface area contributed by atoms with Crippen molar-refractivity contribution in [2.75, 3.05) is 20.1 Å². The summed E-state index contributed by atoms with van der Waals surface area (Å²) in [4.78, 5) is 25.7. The molecule has 3 atom stereocenters. The molecule has 0 saturated carbocycles. The average Bonchev–Trinajstić information content (AvgIpc) is 3.14. The van der Waals surface area contributed by atoms with Gasteiger partial charge in [0, 0.05) is 19.5 Å². The van der Waals surface area contributed by atoms with E-state index in [1.807, 2.05) is 20.8 Å². The predicted octanol–water partition coefficient (Wildman–Crippen LogP) is 2.01. The number of amides is 2. The molecule has 0 aliphatic carbocycles. The molecule has 7 nitrogen and oxygen atoms in total. The molecule has 24 heavy (non-hydrogen) atoms. The molecule has 3 aliphatic rings. The second kappa shape index (κ2) is 6.35. The number of ether oxygens (including phenoxy) is 2. The van der Waals surface area contributed by atoms with Gasteiger partial charge in [-0.3, -0.25) is 4.79 Å². The van der Waals surface area contributed by atoms with E-state index in [9.17, 15) is 9.59 Å². The van der Waals surface area contributed by atoms with E-state index < -0.39 is 11.7 Å². The van der Waals surface area contributed by atoms with Gasteiger partial charge in [-0.2, -0.15) is 5.10 Å². The Hall–Kier alpha value is -1.63. The van der Waals surface area contributed by atoms with Gasteiger partial charge in [0.25, 0.3) is 0 Å². The van der Waals surface area contributed by atoms with E-state index in [4.69, 9.17) is 9.47 Å². The van der Waals surface area contributed by atoms with Crippen LogP contribution in [0.4, 0.5) is 4.79 Å². The predicted molar refractivity (Wildman–Crippen MR) is 88.6 cm³/mol. The first-order valence-electron chi connectivity index (χ1n) is 8.67. The monoisotopic (exact) mass is 337 g/mol. The summed E-state index contributed by atoms with van der Waals surface area (Å²) in [5.41, 5.74) is 0.171. The van der Waals surface area contributed by atoms with Crippen LogP contribution in [0.2, 0.25) is 0 Å². The van der Waals surface area contributed by atoms with Gasteiger partial charge in [-0.1, -0.05) is 0 Å². The zero-order valence-corrected chi connectivity index (χ0v) is 14.9. The highest BCUT2D eigenvalue weighted by atomic mass is 16.6. The van der Waals surface area contributed by atoms with Crippen molar-refractivity contribution in [1.82, 2.24) is 9.91 Å². The van der Waals surface area contributed by atoms with Crippen LogP contribution in [0.25, 0.3) is 0 Å². The minimum Gasteiger partial charge on any atom is -0.444 e. The Labute approximate surface area is 142 Å². The maximum Gasteiger partial charge on any atom is 0.410 e. The first-order chi connectivity index (χ1) is 11.2. The van der Waals surface area contributed by atoms with Crippen LogP contribution in [0.1, 0.15) is 46.5 Å². The molecule has 2 saturated heterocycles. The normalized spacial score (nSPS) is 29.2. The second-order valence-corrected chi connectivity index (χ2v) is 8.02. The Morgan fingerprint density at radius 2 is 2.17 bits per heavy atom. The third-order valence-corrected chi connectivity index (χ3v) is 4.67. The summed E-state index contributed by atoms with van der Waals surface area (Å²) in [5, 5.41) is 5.99. The fourth-order valence-corrected chi connectivity index (χ4v) is 3.59. The number of hydrazone groups is 1. The maximum absolute atomic E-state index is 12.2. The summed E-state index contributed by atoms with van der Waals surface area (Å²) >= 11 is 0. The number of rotatable bonds is 4. The van der Waals surface area contributed by atoms with Crippen molar-refractivity contribution in [1.29, 1.82) is 0 Å². The van der Waals surface area contributed by atoms with Crippen molar-refractivity contribution in [2.45, 2.75) is 64.3 Å². The highest BCUT2D eigenvalue weighted by Crippen LogP contribution is 2.39. The van der Waals surface area contributed by atoms with E-state index in [2.05, 4.69) is 5.10 Å². The molecule has 0 aromatic heterocycles. The molecule has 3 heterocycles. The first-order valence-corrected chi connectivity index (χ1v) is 8.67. The maximum atomic E-state index is 12.2. The minimum absolute atomic E-state index is 0.00497. The first kappa shape index (κ1) is 17.2. The van der Waals surface area contributed by atoms with Crippen LogP contribution >= 0.6 is 0 Å². The van der Waals surface area contributed by atoms with E-state index in [1.54, 1.807) is 12.1 Å². The van der Waals surface area contributed by atoms with Gasteiger partial charge in [0.2, 0.25) is 5.91 Å². The van der Waals surface area contributed by atoms with Gasteiger partial charge in [-0.05, 0) is 40.0 Å². The Morgan fingerprint density at radius 3 is 2.75 bits per heavy atom. The molecule has 7 heteroatoms. The Balaban J connectivity index is 1.53. The Bertz CT molecular complexity index is 555. The second-order valence-electron chi connectivity index (χ2n) is 8.02. The van der Waals surface area contributed by atoms with Crippen LogP contribution in [0.15, 0.2) is 5.10 Å². The molecular formula is C17H27N3O4. The lowest BCUT2D eigenvalue weighted by Crippen LogP contribution is -2.37. The standard InChI is InChI=1S/C17H27N3O4/c1-17(2,3)24-16(22)19(4)10-12-8-15(21)20(18-12)9-11-7-13-5-6-14(11)23-13/h11,13-14H,5-10H2,1-4H3. The topological polar surface area (TPSA) is 71.4 Å². The molecule has 3 rings (SSSR count). The highest BCUT2D eigenvalue weighted by Gasteiger charge is 2.42. The summed E-state index contributed by atoms with van der Waals surface area (Å²) in [7, 11) is 1.66. The smallest absolute Gasteiger partial charge is 0.410 e. The molecule has 0 aromatic rings. The van der Waals surface area contributed by atoms with Crippen LogP contribution in [-0.2, 0) is 14.3 Å². The van der Waals surface area contributed by atoms with E-state index in [-0.39, 0.29) is 18.4 Å². The zero-order valence-electron chi connectivity index (χ0n) is 14.9. The highest BCUT2D eigenvalue weighted by molar-refractivity contribution is 6.06. The summed E-state index contributed by atoms with van der Waals surface area (Å²) in [6, 6.07) is 0. The number of carbonyl (C=O) groups is 2. The molecule has 3 unspecified atom stereocenters. The van der Waals surface area contributed by atoms with Crippen molar-refractivity contribution in [2.24, 2.45) is 11.0 Å². The van der Waals surface area contributed by atoms with Gasteiger partial charge < -0.3 is 14.4 Å². The number of fused-ring (bicyclic) bond motifs is 2. The van der Waals surface area contributed by atoms with Crippen molar-refractivity contribution >= 4 is 17.7 Å². The number of hydrogen-bond acceptors (Lipinski definition) is 5. The van der Waals surface area contributed by atoms with Crippen LogP contribution < -0.4 is 0 Å². The van der Waals surface area contributed by atoms with Gasteiger partial charge >= 0.3 is 6.09 Å². The van der Waals surface area contributed by atoms with E-state index in [0.29, 0.717) is 30.8 Å². The molecule has 2 amide bonds. The SMILES string of the molecule is CN(CC1=NN(CC2CC3CCC2O3)C(=O)C1)C(=O)OC(C)(C)C. The van der Waals surface area contributed by atoms with E-state index in [1.165, 1.54) is 4.90 Å². The van der Waals surface area contributed by atoms with Crippen molar-refractivity contribution in [3.8, 4) is 0 Å². The van der Waals surface area contributed by atoms with Gasteiger partial charge in [0.15, 0.2) is 0 Å². The Morgan fingerprint density at radius 1 is 1.42 bits per heavy atom. The lowest BCUT2D eigenvalue weighted by Gasteiger charge is -2.24. The van der Waals surface area contributed by atoms with Crippen molar-refractivity contribution in [3.63, 3.8) is 0 Å². The fraction of sp³-hybridized carbons (Fsp3) is 0.824. The van der Waals surface area contributed by atoms with Gasteiger partial charge in [-0.15, -0.1) is 0 Å². The molecule has 0 aromatic carbocycles. The average molecular weight is 337 g/mol. The summed E-state index contributed by atoms with van der Waals surface area (Å²) in [6.45, 7) is 6.42. The Kier molecular flexibility index (Phi) is 4.55. The lowest BCUT2D eigenvalue weighted by molar-refractivity contribution is -0.129. The van der Waals surface area contributed by atoms with Crippen molar-refractivity contribution in [3.05, 3.63) is 0 Å². The minimum atomic E-state index is -0.535. The van der Waals surface area contributed by atoms with E-state index >= 15 is 0 Å². The molecule has 3 aliphatic heterocycles. The molecule has 134 valence electrons. The van der Waals surface area contributed by atoms with Crippen LogP contribution in [-0.4, -0.2) is 65.6 Å². The number of nitrogens with zero attached hydrogens (tertiary/aromatic N) is 3. The van der Waals surface area contributed by atoms with E-state index in [0.717, 1.165) is 19.3 Å². The van der Waals surface area contributed by atoms with Crippen LogP contribution in [0, 0.1) is 5.92 Å². The third-order valence-electron chi connectivity index (χ3n) is 4.67. The largest absolute Gasteiger partial charge is 0.444 e. The van der Waals surface area contributed by atoms with Gasteiger partial charge in [0.05, 0.1) is 30.9 Å². The number of carbonyl (C=O) groups excluding carboxylic acids is 2. The van der Waals surface area contributed by atoms with Crippen LogP contribution in [0.5, 0.6) is 0 Å². The molecule has 0 N–H and O–H groups in total. The summed E-state index contributed by atoms with van der Waals surface area (Å²) in [6.07, 6.45) is 3.79. The molecule has 0 radical (unpaired) electrons. The fourth-order valence-electron chi connectivity index (χ4n) is 3.59. The molecule has 2 bridgehead atoms. The third kappa shape index (κ3) is 3.88. The van der Waals surface area contributed by atoms with Gasteiger partial charge in [-0.25, -0.2) is 9.80 Å². The molecular weight excluding hydrogens is 310 g/mol. The van der Waals surface area contributed by atoms with Crippen LogP contribution in [0.3, 0.4) is 0 Å². The molecule has 0 spiro atoms.